The van der Waals surface area contributed by atoms with E-state index in [-0.39, 0.29) is 5.97 Å². The van der Waals surface area contributed by atoms with E-state index in [1.165, 1.54) is 0 Å². The molecule has 1 rings (SSSR count). The van der Waals surface area contributed by atoms with Gasteiger partial charge in [0.25, 0.3) is 0 Å². The molecule has 12 heavy (non-hydrogen) atoms. The van der Waals surface area contributed by atoms with Crippen molar-refractivity contribution in [1.82, 2.24) is 0 Å². The van der Waals surface area contributed by atoms with Crippen LogP contribution in [0.5, 0.6) is 0 Å². The minimum atomic E-state index is -1.71. The first-order valence-electron chi connectivity index (χ1n) is 4.18. The predicted octanol–water partition coefficient (Wildman–Crippen LogP) is 1.06. The van der Waals surface area contributed by atoms with Gasteiger partial charge >= 0.3 is 5.97 Å². The fourth-order valence-electron chi connectivity index (χ4n) is 1.03. The summed E-state index contributed by atoms with van der Waals surface area (Å²) in [5, 5.41) is 0. The Morgan fingerprint density at radius 1 is 1.67 bits per heavy atom. The molecule has 3 nitrogen and oxygen atoms in total. The highest BCUT2D eigenvalue weighted by Gasteiger charge is 2.43. The molecule has 0 aromatic carbocycles. The molecule has 0 unspecified atom stereocenters. The van der Waals surface area contributed by atoms with Crippen molar-refractivity contribution in [1.29, 1.82) is 0 Å². The van der Waals surface area contributed by atoms with Gasteiger partial charge in [-0.25, -0.2) is 4.79 Å². The van der Waals surface area contributed by atoms with Crippen molar-refractivity contribution in [2.24, 2.45) is 0 Å². The van der Waals surface area contributed by atoms with E-state index in [1.54, 1.807) is 0 Å². The van der Waals surface area contributed by atoms with Crippen LogP contribution in [-0.4, -0.2) is 25.7 Å². The van der Waals surface area contributed by atoms with E-state index in [0.717, 1.165) is 30.6 Å². The normalized spacial score (nSPS) is 18.4. The minimum absolute atomic E-state index is 0.376. The van der Waals surface area contributed by atoms with Crippen LogP contribution in [0, 0.1) is 0 Å². The number of hydrogen-bond donors (Lipinski definition) is 1. The van der Waals surface area contributed by atoms with Gasteiger partial charge in [0.15, 0.2) is 8.32 Å². The number of ether oxygens (including phenoxy) is 1. The SMILES string of the molecule is C=CC(=O)OCCC[Si]1(O)CC1. The third kappa shape index (κ3) is 3.19. The average Bonchev–Trinajstić information content (AvgIpc) is 2.78. The first-order valence-corrected chi connectivity index (χ1v) is 6.75. The molecule has 0 amide bonds. The molecule has 1 saturated heterocycles. The molecule has 0 radical (unpaired) electrons. The standard InChI is InChI=1S/C8H14O3Si/c1-2-8(9)11-4-3-5-12(10)6-7-12/h2,10H,1,3-7H2. The third-order valence-electron chi connectivity index (χ3n) is 2.02. The lowest BCUT2D eigenvalue weighted by atomic mass is 10.5. The molecular weight excluding hydrogens is 172 g/mol. The number of hydrogen-bond acceptors (Lipinski definition) is 3. The molecule has 0 saturated carbocycles. The summed E-state index contributed by atoms with van der Waals surface area (Å²) in [6.45, 7) is 3.70. The van der Waals surface area contributed by atoms with E-state index in [9.17, 15) is 9.59 Å². The minimum Gasteiger partial charge on any atom is -0.463 e. The van der Waals surface area contributed by atoms with Gasteiger partial charge in [-0.3, -0.25) is 0 Å². The molecule has 0 aromatic heterocycles. The van der Waals surface area contributed by atoms with Crippen LogP contribution in [0.15, 0.2) is 12.7 Å². The van der Waals surface area contributed by atoms with E-state index in [1.807, 2.05) is 0 Å². The Morgan fingerprint density at radius 2 is 2.33 bits per heavy atom. The predicted molar refractivity (Wildman–Crippen MR) is 48.2 cm³/mol. The van der Waals surface area contributed by atoms with Gasteiger partial charge in [-0.1, -0.05) is 6.58 Å². The Hall–Kier alpha value is -0.613. The van der Waals surface area contributed by atoms with Gasteiger partial charge in [-0.15, -0.1) is 0 Å². The Balaban J connectivity index is 1.96. The van der Waals surface area contributed by atoms with Gasteiger partial charge in [-0.2, -0.15) is 0 Å². The van der Waals surface area contributed by atoms with Gasteiger partial charge in [0.05, 0.1) is 6.61 Å². The second-order valence-electron chi connectivity index (χ2n) is 3.20. The summed E-state index contributed by atoms with van der Waals surface area (Å²) in [6.07, 6.45) is 1.95. The molecule has 0 spiro atoms. The Labute approximate surface area is 73.2 Å². The quantitative estimate of drug-likeness (QED) is 0.302. The van der Waals surface area contributed by atoms with Gasteiger partial charge in [-0.05, 0) is 24.6 Å². The lowest BCUT2D eigenvalue weighted by Crippen LogP contribution is -2.14. The van der Waals surface area contributed by atoms with Crippen molar-refractivity contribution in [3.8, 4) is 0 Å². The lowest BCUT2D eigenvalue weighted by Gasteiger charge is -2.04. The molecular formula is C8H14O3Si. The van der Waals surface area contributed by atoms with Crippen molar-refractivity contribution < 1.29 is 14.3 Å². The van der Waals surface area contributed by atoms with E-state index in [0.29, 0.717) is 6.61 Å². The summed E-state index contributed by atoms with van der Waals surface area (Å²) in [7, 11) is -1.71. The van der Waals surface area contributed by atoms with E-state index >= 15 is 0 Å². The van der Waals surface area contributed by atoms with Crippen LogP contribution in [-0.2, 0) is 9.53 Å². The summed E-state index contributed by atoms with van der Waals surface area (Å²) in [5.41, 5.74) is 0. The molecule has 68 valence electrons. The number of carbonyl (C=O) groups is 1. The van der Waals surface area contributed by atoms with Crippen LogP contribution in [0.3, 0.4) is 0 Å². The fourth-order valence-corrected chi connectivity index (χ4v) is 3.48. The molecule has 1 heterocycles. The summed E-state index contributed by atoms with van der Waals surface area (Å²) in [6, 6.07) is 2.93. The van der Waals surface area contributed by atoms with Crippen molar-refractivity contribution >= 4 is 14.3 Å². The summed E-state index contributed by atoms with van der Waals surface area (Å²) >= 11 is 0. The van der Waals surface area contributed by atoms with E-state index in [2.05, 4.69) is 6.58 Å². The second-order valence-corrected chi connectivity index (χ2v) is 7.15. The van der Waals surface area contributed by atoms with Crippen LogP contribution < -0.4 is 0 Å². The molecule has 1 N–H and O–H groups in total. The van der Waals surface area contributed by atoms with Crippen LogP contribution in [0.25, 0.3) is 0 Å². The molecule has 0 aliphatic carbocycles. The molecule has 0 bridgehead atoms. The number of carbonyl (C=O) groups excluding carboxylic acids is 1. The largest absolute Gasteiger partial charge is 0.463 e. The molecule has 1 aliphatic heterocycles. The Morgan fingerprint density at radius 3 is 2.83 bits per heavy atom. The zero-order valence-electron chi connectivity index (χ0n) is 7.08. The summed E-state index contributed by atoms with van der Waals surface area (Å²) in [5.74, 6) is -0.376. The maximum atomic E-state index is 10.6. The maximum Gasteiger partial charge on any atom is 0.330 e. The lowest BCUT2D eigenvalue weighted by molar-refractivity contribution is -0.137. The van der Waals surface area contributed by atoms with Crippen molar-refractivity contribution in [2.45, 2.75) is 24.6 Å². The van der Waals surface area contributed by atoms with Gasteiger partial charge in [0.1, 0.15) is 0 Å². The number of esters is 1. The van der Waals surface area contributed by atoms with Gasteiger partial charge in [0, 0.05) is 6.08 Å². The van der Waals surface area contributed by atoms with E-state index in [4.69, 9.17) is 4.74 Å². The van der Waals surface area contributed by atoms with Gasteiger partial charge in [0.2, 0.25) is 0 Å². The average molecular weight is 186 g/mol. The number of rotatable bonds is 5. The molecule has 1 aliphatic rings. The Bertz CT molecular complexity index is 187. The Kier molecular flexibility index (Phi) is 3.05. The zero-order chi connectivity index (χ0) is 9.03. The van der Waals surface area contributed by atoms with Crippen LogP contribution in [0.1, 0.15) is 6.42 Å². The van der Waals surface area contributed by atoms with Crippen molar-refractivity contribution in [3.63, 3.8) is 0 Å². The van der Waals surface area contributed by atoms with Crippen LogP contribution in [0.2, 0.25) is 18.1 Å². The van der Waals surface area contributed by atoms with Crippen molar-refractivity contribution in [3.05, 3.63) is 12.7 Å². The highest BCUT2D eigenvalue weighted by atomic mass is 28.4. The first kappa shape index (κ1) is 9.47. The summed E-state index contributed by atoms with van der Waals surface area (Å²) < 4.78 is 4.77. The maximum absolute atomic E-state index is 10.6. The van der Waals surface area contributed by atoms with E-state index < -0.39 is 8.32 Å². The molecule has 0 atom stereocenters. The molecule has 0 aromatic rings. The highest BCUT2D eigenvalue weighted by Crippen LogP contribution is 2.37. The smallest absolute Gasteiger partial charge is 0.330 e. The topological polar surface area (TPSA) is 46.5 Å². The second kappa shape index (κ2) is 3.87. The fraction of sp³-hybridized carbons (Fsp3) is 0.625. The van der Waals surface area contributed by atoms with Crippen molar-refractivity contribution in [2.75, 3.05) is 6.61 Å². The molecule has 4 heteroatoms. The van der Waals surface area contributed by atoms with Gasteiger partial charge < -0.3 is 9.53 Å². The highest BCUT2D eigenvalue weighted by molar-refractivity contribution is 6.82. The zero-order valence-corrected chi connectivity index (χ0v) is 8.08. The van der Waals surface area contributed by atoms with Crippen LogP contribution >= 0.6 is 0 Å². The first-order chi connectivity index (χ1) is 5.66. The van der Waals surface area contributed by atoms with Crippen LogP contribution in [0.4, 0.5) is 0 Å². The monoisotopic (exact) mass is 186 g/mol. The molecule has 1 fully saturated rings. The summed E-state index contributed by atoms with van der Waals surface area (Å²) in [4.78, 5) is 20.1. The third-order valence-corrected chi connectivity index (χ3v) is 4.96.